The standard InChI is InChI=1S/C11H19F3N2/c1-2-9-6-16(7-11(12,13)14)10(5-15-9)8-3-4-8/h8-10,15H,2-7H2,1H3. The maximum absolute atomic E-state index is 12.5. The average molecular weight is 236 g/mol. The van der Waals surface area contributed by atoms with Crippen molar-refractivity contribution in [2.45, 2.75) is 44.4 Å². The quantitative estimate of drug-likeness (QED) is 0.806. The fourth-order valence-corrected chi connectivity index (χ4v) is 2.53. The third kappa shape index (κ3) is 3.10. The third-order valence-corrected chi connectivity index (χ3v) is 3.58. The lowest BCUT2D eigenvalue weighted by Gasteiger charge is -2.40. The first-order chi connectivity index (χ1) is 7.49. The zero-order chi connectivity index (χ0) is 11.8. The van der Waals surface area contributed by atoms with Gasteiger partial charge in [0.25, 0.3) is 0 Å². The zero-order valence-electron chi connectivity index (χ0n) is 9.56. The van der Waals surface area contributed by atoms with E-state index in [1.54, 1.807) is 4.90 Å². The molecule has 1 N–H and O–H groups in total. The SMILES string of the molecule is CCC1CN(CC(F)(F)F)C(C2CC2)CN1. The van der Waals surface area contributed by atoms with Gasteiger partial charge in [-0.3, -0.25) is 4.90 Å². The predicted molar refractivity (Wildman–Crippen MR) is 56.2 cm³/mol. The van der Waals surface area contributed by atoms with Crippen LogP contribution in [0.15, 0.2) is 0 Å². The Labute approximate surface area is 94.2 Å². The molecule has 5 heteroatoms. The van der Waals surface area contributed by atoms with Crippen LogP contribution in [0, 0.1) is 5.92 Å². The summed E-state index contributed by atoms with van der Waals surface area (Å²) in [6, 6.07) is 0.321. The summed E-state index contributed by atoms with van der Waals surface area (Å²) in [4.78, 5) is 1.64. The molecule has 2 rings (SSSR count). The second kappa shape index (κ2) is 4.53. The van der Waals surface area contributed by atoms with Crippen LogP contribution in [0.25, 0.3) is 0 Å². The van der Waals surface area contributed by atoms with E-state index in [0.29, 0.717) is 12.5 Å². The van der Waals surface area contributed by atoms with Crippen molar-refractivity contribution in [1.82, 2.24) is 10.2 Å². The molecule has 2 nitrogen and oxygen atoms in total. The Balaban J connectivity index is 1.96. The summed E-state index contributed by atoms with van der Waals surface area (Å²) in [5.74, 6) is 0.493. The summed E-state index contributed by atoms with van der Waals surface area (Å²) >= 11 is 0. The van der Waals surface area contributed by atoms with Crippen LogP contribution < -0.4 is 5.32 Å². The minimum atomic E-state index is -4.07. The van der Waals surface area contributed by atoms with Crippen molar-refractivity contribution in [2.24, 2.45) is 5.92 Å². The van der Waals surface area contributed by atoms with Crippen LogP contribution in [-0.4, -0.2) is 42.8 Å². The largest absolute Gasteiger partial charge is 0.401 e. The topological polar surface area (TPSA) is 15.3 Å². The number of halogens is 3. The maximum Gasteiger partial charge on any atom is 0.401 e. The highest BCUT2D eigenvalue weighted by molar-refractivity contribution is 4.95. The Kier molecular flexibility index (Phi) is 3.45. The average Bonchev–Trinajstić information content (AvgIpc) is 2.98. The van der Waals surface area contributed by atoms with Crippen LogP contribution in [0.5, 0.6) is 0 Å². The van der Waals surface area contributed by atoms with Gasteiger partial charge < -0.3 is 5.32 Å². The Bertz CT molecular complexity index is 238. The molecule has 0 aromatic carbocycles. The number of nitrogens with zero attached hydrogens (tertiary/aromatic N) is 1. The van der Waals surface area contributed by atoms with Gasteiger partial charge in [0, 0.05) is 25.2 Å². The molecular formula is C11H19F3N2. The van der Waals surface area contributed by atoms with Gasteiger partial charge in [0.15, 0.2) is 0 Å². The van der Waals surface area contributed by atoms with Crippen molar-refractivity contribution >= 4 is 0 Å². The molecule has 1 saturated heterocycles. The van der Waals surface area contributed by atoms with Gasteiger partial charge in [-0.1, -0.05) is 6.92 Å². The third-order valence-electron chi connectivity index (χ3n) is 3.58. The Morgan fingerprint density at radius 1 is 1.31 bits per heavy atom. The minimum Gasteiger partial charge on any atom is -0.311 e. The summed E-state index contributed by atoms with van der Waals surface area (Å²) in [5.41, 5.74) is 0. The first-order valence-corrected chi connectivity index (χ1v) is 6.04. The lowest BCUT2D eigenvalue weighted by molar-refractivity contribution is -0.155. The van der Waals surface area contributed by atoms with Crippen molar-refractivity contribution in [1.29, 1.82) is 0 Å². The first-order valence-electron chi connectivity index (χ1n) is 6.04. The van der Waals surface area contributed by atoms with Gasteiger partial charge in [-0.25, -0.2) is 0 Å². The first kappa shape index (κ1) is 12.2. The second-order valence-corrected chi connectivity index (χ2v) is 4.96. The van der Waals surface area contributed by atoms with E-state index in [4.69, 9.17) is 0 Å². The Morgan fingerprint density at radius 3 is 2.50 bits per heavy atom. The van der Waals surface area contributed by atoms with Gasteiger partial charge in [-0.15, -0.1) is 0 Å². The summed E-state index contributed by atoms with van der Waals surface area (Å²) in [6.07, 6.45) is -0.983. The zero-order valence-corrected chi connectivity index (χ0v) is 9.56. The van der Waals surface area contributed by atoms with Crippen molar-refractivity contribution < 1.29 is 13.2 Å². The van der Waals surface area contributed by atoms with E-state index in [9.17, 15) is 13.2 Å². The fourth-order valence-electron chi connectivity index (χ4n) is 2.53. The smallest absolute Gasteiger partial charge is 0.311 e. The van der Waals surface area contributed by atoms with Crippen LogP contribution in [0.4, 0.5) is 13.2 Å². The number of hydrogen-bond acceptors (Lipinski definition) is 2. The highest BCUT2D eigenvalue weighted by atomic mass is 19.4. The van der Waals surface area contributed by atoms with E-state index in [1.807, 2.05) is 6.92 Å². The molecule has 0 aromatic rings. The highest BCUT2D eigenvalue weighted by Crippen LogP contribution is 2.37. The van der Waals surface area contributed by atoms with Crippen LogP contribution >= 0.6 is 0 Å². The van der Waals surface area contributed by atoms with Crippen LogP contribution in [-0.2, 0) is 0 Å². The molecule has 1 heterocycles. The lowest BCUT2D eigenvalue weighted by Crippen LogP contribution is -2.58. The van der Waals surface area contributed by atoms with Gasteiger partial charge in [0.2, 0.25) is 0 Å². The number of piperazine rings is 1. The van der Waals surface area contributed by atoms with Gasteiger partial charge in [0.1, 0.15) is 0 Å². The fraction of sp³-hybridized carbons (Fsp3) is 1.00. The van der Waals surface area contributed by atoms with Crippen LogP contribution in [0.2, 0.25) is 0 Å². The minimum absolute atomic E-state index is 0.101. The van der Waals surface area contributed by atoms with E-state index >= 15 is 0 Å². The molecule has 2 aliphatic rings. The number of hydrogen-bond donors (Lipinski definition) is 1. The molecule has 94 valence electrons. The van der Waals surface area contributed by atoms with Crippen molar-refractivity contribution in [2.75, 3.05) is 19.6 Å². The molecular weight excluding hydrogens is 217 g/mol. The molecule has 2 atom stereocenters. The van der Waals surface area contributed by atoms with Crippen molar-refractivity contribution in [3.63, 3.8) is 0 Å². The number of rotatable bonds is 3. The maximum atomic E-state index is 12.5. The van der Waals surface area contributed by atoms with Crippen LogP contribution in [0.1, 0.15) is 26.2 Å². The van der Waals surface area contributed by atoms with Crippen molar-refractivity contribution in [3.8, 4) is 0 Å². The van der Waals surface area contributed by atoms with E-state index in [2.05, 4.69) is 5.32 Å². The summed E-state index contributed by atoms with van der Waals surface area (Å²) in [5, 5.41) is 3.35. The van der Waals surface area contributed by atoms with E-state index in [-0.39, 0.29) is 12.1 Å². The molecule has 0 amide bonds. The highest BCUT2D eigenvalue weighted by Gasteiger charge is 2.42. The van der Waals surface area contributed by atoms with Gasteiger partial charge in [-0.2, -0.15) is 13.2 Å². The van der Waals surface area contributed by atoms with E-state index < -0.39 is 12.7 Å². The van der Waals surface area contributed by atoms with Crippen molar-refractivity contribution in [3.05, 3.63) is 0 Å². The Hall–Kier alpha value is -0.290. The van der Waals surface area contributed by atoms with E-state index in [1.165, 1.54) is 0 Å². The normalized spacial score (nSPS) is 33.0. The number of nitrogens with one attached hydrogen (secondary N) is 1. The molecule has 1 aliphatic carbocycles. The lowest BCUT2D eigenvalue weighted by atomic mass is 10.0. The summed E-state index contributed by atoms with van der Waals surface area (Å²) < 4.78 is 37.4. The molecule has 0 bridgehead atoms. The molecule has 0 spiro atoms. The van der Waals surface area contributed by atoms with Gasteiger partial charge in [-0.05, 0) is 25.2 Å². The molecule has 2 fully saturated rings. The monoisotopic (exact) mass is 236 g/mol. The Morgan fingerprint density at radius 2 is 2.00 bits per heavy atom. The predicted octanol–water partition coefficient (Wildman–Crippen LogP) is 2.01. The van der Waals surface area contributed by atoms with E-state index in [0.717, 1.165) is 25.8 Å². The summed E-state index contributed by atoms with van der Waals surface area (Å²) in [7, 11) is 0. The molecule has 2 unspecified atom stereocenters. The van der Waals surface area contributed by atoms with Gasteiger partial charge >= 0.3 is 6.18 Å². The second-order valence-electron chi connectivity index (χ2n) is 4.96. The molecule has 1 aliphatic heterocycles. The molecule has 1 saturated carbocycles. The molecule has 0 radical (unpaired) electrons. The summed E-state index contributed by atoms with van der Waals surface area (Å²) in [6.45, 7) is 2.53. The molecule has 0 aromatic heterocycles. The van der Waals surface area contributed by atoms with Crippen LogP contribution in [0.3, 0.4) is 0 Å². The van der Waals surface area contributed by atoms with Gasteiger partial charge in [0.05, 0.1) is 6.54 Å². The number of alkyl halides is 3. The molecule has 16 heavy (non-hydrogen) atoms.